The molecule has 2 heteroatoms. The number of phenols is 1. The summed E-state index contributed by atoms with van der Waals surface area (Å²) in [7, 11) is 2.10. The molecule has 0 aromatic heterocycles. The zero-order valence-electron chi connectivity index (χ0n) is 11.6. The van der Waals surface area contributed by atoms with Gasteiger partial charge < -0.3 is 5.11 Å². The Balaban J connectivity index is 1.96. The Morgan fingerprint density at radius 3 is 2.32 bits per heavy atom. The Kier molecular flexibility index (Phi) is 4.58. The maximum absolute atomic E-state index is 9.89. The summed E-state index contributed by atoms with van der Waals surface area (Å²) < 4.78 is 0. The first kappa shape index (κ1) is 13.6. The van der Waals surface area contributed by atoms with Crippen LogP contribution < -0.4 is 0 Å². The van der Waals surface area contributed by atoms with Gasteiger partial charge in [-0.25, -0.2) is 0 Å². The van der Waals surface area contributed by atoms with Crippen molar-refractivity contribution in [2.75, 3.05) is 13.6 Å². The van der Waals surface area contributed by atoms with Crippen LogP contribution in [0.3, 0.4) is 0 Å². The molecule has 2 nitrogen and oxygen atoms in total. The van der Waals surface area contributed by atoms with Crippen molar-refractivity contribution in [2.24, 2.45) is 0 Å². The van der Waals surface area contributed by atoms with E-state index < -0.39 is 0 Å². The van der Waals surface area contributed by atoms with E-state index in [9.17, 15) is 5.11 Å². The molecular weight excluding hydrogens is 234 g/mol. The average molecular weight is 255 g/mol. The first-order valence-corrected chi connectivity index (χ1v) is 6.70. The summed E-state index contributed by atoms with van der Waals surface area (Å²) in [6.45, 7) is 3.10. The fourth-order valence-corrected chi connectivity index (χ4v) is 2.22. The quantitative estimate of drug-likeness (QED) is 0.882. The highest BCUT2D eigenvalue weighted by Gasteiger charge is 2.14. The molecule has 0 saturated carbocycles. The number of phenolic OH excluding ortho intramolecular Hbond substituents is 1. The zero-order chi connectivity index (χ0) is 13.7. The standard InChI is InChI=1S/C17H21NO/c1-14(16-10-6-7-11-17(16)19)18(2)13-12-15-8-4-3-5-9-15/h3-11,14,19H,12-13H2,1-2H3. The lowest BCUT2D eigenvalue weighted by Gasteiger charge is -2.25. The van der Waals surface area contributed by atoms with Crippen LogP contribution in [0.15, 0.2) is 54.6 Å². The Bertz CT molecular complexity index is 510. The van der Waals surface area contributed by atoms with Crippen LogP contribution in [0.25, 0.3) is 0 Å². The van der Waals surface area contributed by atoms with Crippen molar-refractivity contribution in [3.05, 3.63) is 65.7 Å². The molecule has 2 aromatic carbocycles. The third kappa shape index (κ3) is 3.58. The van der Waals surface area contributed by atoms with Gasteiger partial charge >= 0.3 is 0 Å². The number of hydrogen-bond acceptors (Lipinski definition) is 2. The smallest absolute Gasteiger partial charge is 0.120 e. The first-order chi connectivity index (χ1) is 9.18. The normalized spacial score (nSPS) is 12.6. The van der Waals surface area contributed by atoms with Gasteiger partial charge in [-0.15, -0.1) is 0 Å². The molecule has 2 aromatic rings. The van der Waals surface area contributed by atoms with Gasteiger partial charge in [-0.1, -0.05) is 48.5 Å². The van der Waals surface area contributed by atoms with Crippen molar-refractivity contribution in [3.8, 4) is 5.75 Å². The first-order valence-electron chi connectivity index (χ1n) is 6.70. The molecule has 0 aliphatic heterocycles. The largest absolute Gasteiger partial charge is 0.508 e. The Morgan fingerprint density at radius 1 is 1.00 bits per heavy atom. The summed E-state index contributed by atoms with van der Waals surface area (Å²) in [6.07, 6.45) is 1.02. The fraction of sp³-hybridized carbons (Fsp3) is 0.294. The second-order valence-electron chi connectivity index (χ2n) is 4.95. The van der Waals surface area contributed by atoms with Crippen molar-refractivity contribution >= 4 is 0 Å². The monoisotopic (exact) mass is 255 g/mol. The highest BCUT2D eigenvalue weighted by Crippen LogP contribution is 2.27. The Morgan fingerprint density at radius 2 is 1.63 bits per heavy atom. The molecule has 19 heavy (non-hydrogen) atoms. The van der Waals surface area contributed by atoms with Gasteiger partial charge in [0.2, 0.25) is 0 Å². The maximum atomic E-state index is 9.89. The number of likely N-dealkylation sites (N-methyl/N-ethyl adjacent to an activating group) is 1. The molecule has 0 amide bonds. The van der Waals surface area contributed by atoms with Crippen LogP contribution in [-0.2, 0) is 6.42 Å². The molecule has 1 atom stereocenters. The lowest BCUT2D eigenvalue weighted by molar-refractivity contribution is 0.259. The minimum Gasteiger partial charge on any atom is -0.508 e. The van der Waals surface area contributed by atoms with Crippen LogP contribution in [0, 0.1) is 0 Å². The van der Waals surface area contributed by atoms with Crippen LogP contribution in [0.5, 0.6) is 5.75 Å². The summed E-state index contributed by atoms with van der Waals surface area (Å²) in [5.41, 5.74) is 2.33. The Labute approximate surface area is 115 Å². The van der Waals surface area contributed by atoms with E-state index in [2.05, 4.69) is 43.1 Å². The molecule has 1 N–H and O–H groups in total. The minimum atomic E-state index is 0.213. The molecule has 0 spiro atoms. The van der Waals surface area contributed by atoms with E-state index in [4.69, 9.17) is 0 Å². The SMILES string of the molecule is CC(c1ccccc1O)N(C)CCc1ccccc1. The lowest BCUT2D eigenvalue weighted by Crippen LogP contribution is -2.24. The third-order valence-electron chi connectivity index (χ3n) is 3.64. The molecule has 2 rings (SSSR count). The van der Waals surface area contributed by atoms with Gasteiger partial charge in [0.15, 0.2) is 0 Å². The van der Waals surface area contributed by atoms with Gasteiger partial charge in [0.25, 0.3) is 0 Å². The van der Waals surface area contributed by atoms with E-state index >= 15 is 0 Å². The highest BCUT2D eigenvalue weighted by atomic mass is 16.3. The van der Waals surface area contributed by atoms with Crippen molar-refractivity contribution in [1.82, 2.24) is 4.90 Å². The zero-order valence-corrected chi connectivity index (χ0v) is 11.6. The van der Waals surface area contributed by atoms with E-state index in [1.165, 1.54) is 5.56 Å². The van der Waals surface area contributed by atoms with Crippen LogP contribution in [-0.4, -0.2) is 23.6 Å². The number of nitrogens with zero attached hydrogens (tertiary/aromatic N) is 1. The van der Waals surface area contributed by atoms with E-state index in [-0.39, 0.29) is 6.04 Å². The van der Waals surface area contributed by atoms with Crippen molar-refractivity contribution < 1.29 is 5.11 Å². The van der Waals surface area contributed by atoms with Crippen molar-refractivity contribution in [1.29, 1.82) is 0 Å². The number of hydrogen-bond donors (Lipinski definition) is 1. The summed E-state index contributed by atoms with van der Waals surface area (Å²) >= 11 is 0. The fourth-order valence-electron chi connectivity index (χ4n) is 2.22. The van der Waals surface area contributed by atoms with E-state index in [1.54, 1.807) is 6.07 Å². The van der Waals surface area contributed by atoms with Gasteiger partial charge in [0, 0.05) is 18.2 Å². The van der Waals surface area contributed by atoms with E-state index in [1.807, 2.05) is 24.3 Å². The van der Waals surface area contributed by atoms with Crippen LogP contribution >= 0.6 is 0 Å². The van der Waals surface area contributed by atoms with E-state index in [0.29, 0.717) is 5.75 Å². The molecule has 1 unspecified atom stereocenters. The third-order valence-corrected chi connectivity index (χ3v) is 3.64. The number of para-hydroxylation sites is 1. The summed E-state index contributed by atoms with van der Waals surface area (Å²) in [6, 6.07) is 18.3. The van der Waals surface area contributed by atoms with Crippen LogP contribution in [0.1, 0.15) is 24.1 Å². The second kappa shape index (κ2) is 6.39. The molecule has 0 aliphatic rings. The molecule has 0 heterocycles. The van der Waals surface area contributed by atoms with Crippen LogP contribution in [0.4, 0.5) is 0 Å². The lowest BCUT2D eigenvalue weighted by atomic mass is 10.1. The summed E-state index contributed by atoms with van der Waals surface area (Å²) in [4.78, 5) is 2.27. The van der Waals surface area contributed by atoms with E-state index in [0.717, 1.165) is 18.5 Å². The average Bonchev–Trinajstić information content (AvgIpc) is 2.45. The van der Waals surface area contributed by atoms with Gasteiger partial charge in [-0.3, -0.25) is 4.90 Å². The molecule has 100 valence electrons. The van der Waals surface area contributed by atoms with Crippen molar-refractivity contribution in [2.45, 2.75) is 19.4 Å². The number of rotatable bonds is 5. The molecule has 0 bridgehead atoms. The van der Waals surface area contributed by atoms with Crippen LogP contribution in [0.2, 0.25) is 0 Å². The van der Waals surface area contributed by atoms with Gasteiger partial charge in [-0.2, -0.15) is 0 Å². The molecule has 0 aliphatic carbocycles. The molecule has 0 saturated heterocycles. The van der Waals surface area contributed by atoms with Gasteiger partial charge in [0.05, 0.1) is 0 Å². The van der Waals surface area contributed by atoms with Gasteiger partial charge in [0.1, 0.15) is 5.75 Å². The molecule has 0 fully saturated rings. The van der Waals surface area contributed by atoms with Gasteiger partial charge in [-0.05, 0) is 32.0 Å². The Hall–Kier alpha value is -1.80. The highest BCUT2D eigenvalue weighted by molar-refractivity contribution is 5.34. The predicted octanol–water partition coefficient (Wildman–Crippen LogP) is 3.63. The minimum absolute atomic E-state index is 0.213. The molecular formula is C17H21NO. The second-order valence-corrected chi connectivity index (χ2v) is 4.95. The number of benzene rings is 2. The maximum Gasteiger partial charge on any atom is 0.120 e. The number of aromatic hydroxyl groups is 1. The predicted molar refractivity (Wildman–Crippen MR) is 79.3 cm³/mol. The van der Waals surface area contributed by atoms with Crippen molar-refractivity contribution in [3.63, 3.8) is 0 Å². The molecule has 0 radical (unpaired) electrons. The topological polar surface area (TPSA) is 23.5 Å². The summed E-state index contributed by atoms with van der Waals surface area (Å²) in [5.74, 6) is 0.376. The summed E-state index contributed by atoms with van der Waals surface area (Å²) in [5, 5.41) is 9.89.